The van der Waals surface area contributed by atoms with Crippen molar-refractivity contribution in [2.75, 3.05) is 44.2 Å². The highest BCUT2D eigenvalue weighted by Crippen LogP contribution is 2.24. The van der Waals surface area contributed by atoms with Crippen LogP contribution in [0.25, 0.3) is 0 Å². The molecule has 2 fully saturated rings. The summed E-state index contributed by atoms with van der Waals surface area (Å²) >= 11 is 0. The van der Waals surface area contributed by atoms with Crippen LogP contribution in [-0.4, -0.2) is 91.0 Å². The molecule has 3 heterocycles. The average Bonchev–Trinajstić information content (AvgIpc) is 3.06. The topological polar surface area (TPSA) is 90.4 Å². The maximum Gasteiger partial charge on any atom is 0.270 e. The fraction of sp³-hybridized carbons (Fsp3) is 0.842. The van der Waals surface area contributed by atoms with E-state index >= 15 is 0 Å². The number of hydrogen-bond acceptors (Lipinski definition) is 6. The highest BCUT2D eigenvalue weighted by atomic mass is 32.2. The largest absolute Gasteiger partial charge is 0.338 e. The van der Waals surface area contributed by atoms with Gasteiger partial charge in [-0.25, -0.2) is 13.4 Å². The Morgan fingerprint density at radius 2 is 1.82 bits per heavy atom. The van der Waals surface area contributed by atoms with E-state index < -0.39 is 15.9 Å². The van der Waals surface area contributed by atoms with Crippen LogP contribution in [0.15, 0.2) is 5.10 Å². The van der Waals surface area contributed by atoms with E-state index in [-0.39, 0.29) is 29.7 Å². The lowest BCUT2D eigenvalue weighted by Crippen LogP contribution is -2.47. The molecule has 0 N–H and O–H groups in total. The van der Waals surface area contributed by atoms with Gasteiger partial charge in [-0.3, -0.25) is 9.59 Å². The first-order valence-corrected chi connectivity index (χ1v) is 12.3. The average molecular weight is 413 g/mol. The van der Waals surface area contributed by atoms with E-state index in [1.54, 1.807) is 0 Å². The van der Waals surface area contributed by atoms with Crippen LogP contribution in [0.2, 0.25) is 0 Å². The van der Waals surface area contributed by atoms with Crippen molar-refractivity contribution in [2.45, 2.75) is 52.0 Å². The molecule has 1 unspecified atom stereocenters. The fourth-order valence-corrected chi connectivity index (χ4v) is 6.02. The Bertz CT molecular complexity index is 724. The van der Waals surface area contributed by atoms with E-state index in [1.165, 1.54) is 5.01 Å². The van der Waals surface area contributed by atoms with Crippen LogP contribution >= 0.6 is 0 Å². The SMILES string of the molecule is CCN(CC)CC1CCN(C(=O)C2=NN(C3CCS(=O)(=O)C3)C(=O)CC2)CC1. The van der Waals surface area contributed by atoms with E-state index in [9.17, 15) is 18.0 Å². The number of sulfone groups is 1. The third-order valence-corrected chi connectivity index (χ3v) is 7.92. The van der Waals surface area contributed by atoms with E-state index in [0.29, 0.717) is 24.5 Å². The highest BCUT2D eigenvalue weighted by Gasteiger charge is 2.38. The van der Waals surface area contributed by atoms with Gasteiger partial charge in [0, 0.05) is 32.5 Å². The standard InChI is InChI=1S/C19H32N4O4S/c1-3-21(4-2)13-15-7-10-22(11-8-15)19(25)17-5-6-18(24)23(20-17)16-9-12-28(26,27)14-16/h15-16H,3-14H2,1-2H3. The van der Waals surface area contributed by atoms with Gasteiger partial charge in [-0.05, 0) is 38.3 Å². The smallest absolute Gasteiger partial charge is 0.270 e. The van der Waals surface area contributed by atoms with Crippen molar-refractivity contribution in [2.24, 2.45) is 11.0 Å². The van der Waals surface area contributed by atoms with Crippen molar-refractivity contribution in [1.29, 1.82) is 0 Å². The number of carbonyl (C=O) groups is 2. The second-order valence-corrected chi connectivity index (χ2v) is 10.3. The van der Waals surface area contributed by atoms with Gasteiger partial charge in [-0.2, -0.15) is 5.10 Å². The first-order valence-electron chi connectivity index (χ1n) is 10.4. The molecule has 3 aliphatic rings. The number of rotatable bonds is 6. The first kappa shape index (κ1) is 21.2. The third-order valence-electron chi connectivity index (χ3n) is 6.17. The summed E-state index contributed by atoms with van der Waals surface area (Å²) in [7, 11) is -3.11. The van der Waals surface area contributed by atoms with E-state index in [1.807, 2.05) is 4.90 Å². The van der Waals surface area contributed by atoms with Crippen LogP contribution in [-0.2, 0) is 19.4 Å². The molecule has 0 aliphatic carbocycles. The van der Waals surface area contributed by atoms with Crippen LogP contribution in [0.5, 0.6) is 0 Å². The number of carbonyl (C=O) groups excluding carboxylic acids is 2. The zero-order chi connectivity index (χ0) is 20.3. The van der Waals surface area contributed by atoms with Crippen LogP contribution in [0.1, 0.15) is 46.0 Å². The molecule has 0 spiro atoms. The summed E-state index contributed by atoms with van der Waals surface area (Å²) < 4.78 is 23.5. The van der Waals surface area contributed by atoms with Crippen molar-refractivity contribution in [1.82, 2.24) is 14.8 Å². The van der Waals surface area contributed by atoms with Gasteiger partial charge in [0.2, 0.25) is 5.91 Å². The van der Waals surface area contributed by atoms with Gasteiger partial charge in [-0.1, -0.05) is 13.8 Å². The van der Waals surface area contributed by atoms with E-state index in [2.05, 4.69) is 23.8 Å². The Labute approximate surface area is 167 Å². The number of amides is 2. The lowest BCUT2D eigenvalue weighted by Gasteiger charge is -2.35. The number of likely N-dealkylation sites (tertiary alicyclic amines) is 1. The number of piperidine rings is 1. The minimum Gasteiger partial charge on any atom is -0.338 e. The van der Waals surface area contributed by atoms with Crippen molar-refractivity contribution < 1.29 is 18.0 Å². The first-order chi connectivity index (χ1) is 13.3. The highest BCUT2D eigenvalue weighted by molar-refractivity contribution is 7.91. The maximum absolute atomic E-state index is 12.9. The van der Waals surface area contributed by atoms with Gasteiger partial charge in [0.25, 0.3) is 5.91 Å². The predicted octanol–water partition coefficient (Wildman–Crippen LogP) is 0.732. The number of hydrogen-bond donors (Lipinski definition) is 0. The Balaban J connectivity index is 1.60. The molecule has 0 saturated carbocycles. The minimum absolute atomic E-state index is 0.0551. The molecule has 0 aromatic carbocycles. The zero-order valence-electron chi connectivity index (χ0n) is 17.0. The Kier molecular flexibility index (Phi) is 6.75. The Morgan fingerprint density at radius 3 is 2.39 bits per heavy atom. The Morgan fingerprint density at radius 1 is 1.14 bits per heavy atom. The predicted molar refractivity (Wildman–Crippen MR) is 108 cm³/mol. The second-order valence-electron chi connectivity index (χ2n) is 8.06. The van der Waals surface area contributed by atoms with Gasteiger partial charge in [-0.15, -0.1) is 0 Å². The molecule has 28 heavy (non-hydrogen) atoms. The molecule has 0 radical (unpaired) electrons. The lowest BCUT2D eigenvalue weighted by atomic mass is 9.95. The molecular formula is C19H32N4O4S. The van der Waals surface area contributed by atoms with Crippen molar-refractivity contribution >= 4 is 27.4 Å². The normalized spacial score (nSPS) is 26.0. The van der Waals surface area contributed by atoms with Crippen molar-refractivity contribution in [3.63, 3.8) is 0 Å². The molecule has 0 bridgehead atoms. The molecule has 8 nitrogen and oxygen atoms in total. The summed E-state index contributed by atoms with van der Waals surface area (Å²) in [4.78, 5) is 29.4. The van der Waals surface area contributed by atoms with Gasteiger partial charge >= 0.3 is 0 Å². The second kappa shape index (κ2) is 8.90. The molecule has 2 amide bonds. The van der Waals surface area contributed by atoms with Crippen LogP contribution in [0.4, 0.5) is 0 Å². The summed E-state index contributed by atoms with van der Waals surface area (Å²) in [5.41, 5.74) is 0.395. The molecule has 3 rings (SSSR count). The van der Waals surface area contributed by atoms with Crippen molar-refractivity contribution in [3.8, 4) is 0 Å². The molecule has 9 heteroatoms. The number of hydrazone groups is 1. The minimum atomic E-state index is -3.11. The molecule has 0 aromatic rings. The lowest BCUT2D eigenvalue weighted by molar-refractivity contribution is -0.134. The number of nitrogens with zero attached hydrogens (tertiary/aromatic N) is 4. The van der Waals surface area contributed by atoms with Crippen LogP contribution in [0, 0.1) is 5.92 Å². The third kappa shape index (κ3) is 4.92. The van der Waals surface area contributed by atoms with Crippen molar-refractivity contribution in [3.05, 3.63) is 0 Å². The summed E-state index contributed by atoms with van der Waals surface area (Å²) in [6, 6.07) is -0.430. The maximum atomic E-state index is 12.9. The fourth-order valence-electron chi connectivity index (χ4n) is 4.33. The van der Waals surface area contributed by atoms with Gasteiger partial charge in [0.1, 0.15) is 5.71 Å². The summed E-state index contributed by atoms with van der Waals surface area (Å²) in [6.07, 6.45) is 2.93. The zero-order valence-corrected chi connectivity index (χ0v) is 17.8. The van der Waals surface area contributed by atoms with E-state index in [4.69, 9.17) is 0 Å². The van der Waals surface area contributed by atoms with Gasteiger partial charge in [0.15, 0.2) is 9.84 Å². The molecule has 3 aliphatic heterocycles. The molecule has 2 saturated heterocycles. The molecular weight excluding hydrogens is 380 g/mol. The van der Waals surface area contributed by atoms with E-state index in [0.717, 1.165) is 45.6 Å². The molecule has 1 atom stereocenters. The summed E-state index contributed by atoms with van der Waals surface area (Å²) in [5.74, 6) is 0.357. The molecule has 0 aromatic heterocycles. The Hall–Kier alpha value is -1.48. The summed E-state index contributed by atoms with van der Waals surface area (Å²) in [6.45, 7) is 8.96. The van der Waals surface area contributed by atoms with Crippen LogP contribution in [0.3, 0.4) is 0 Å². The molecule has 158 valence electrons. The quantitative estimate of drug-likeness (QED) is 0.642. The monoisotopic (exact) mass is 412 g/mol. The van der Waals surface area contributed by atoms with Gasteiger partial charge in [0.05, 0.1) is 17.5 Å². The summed E-state index contributed by atoms with van der Waals surface area (Å²) in [5, 5.41) is 5.59. The van der Waals surface area contributed by atoms with Crippen LogP contribution < -0.4 is 0 Å². The van der Waals surface area contributed by atoms with Gasteiger partial charge < -0.3 is 9.80 Å².